The minimum atomic E-state index is -4.81. The summed E-state index contributed by atoms with van der Waals surface area (Å²) in [5, 5.41) is 15.9. The molecular weight excluding hydrogens is 479 g/mol. The number of ether oxygens (including phenoxy) is 2. The number of carbonyl (C=O) groups is 2. The standard InChI is InChI=1S/C25H22F3N3O5/c1-14-13-31(22-20(32)12-11-17(21(14)22)23(33)35-2)19-6-4-3-5-18(19)30-24(34)29-15-7-9-16(10-8-15)36-25(26,27)28/h3-12,14,32H,13H2,1-2H3,(H2,29,30,34). The Labute approximate surface area is 204 Å². The van der Waals surface area contributed by atoms with Crippen LogP contribution in [0.1, 0.15) is 28.8 Å². The van der Waals surface area contributed by atoms with E-state index >= 15 is 0 Å². The highest BCUT2D eigenvalue weighted by atomic mass is 19.4. The quantitative estimate of drug-likeness (QED) is 0.372. The average molecular weight is 501 g/mol. The van der Waals surface area contributed by atoms with Gasteiger partial charge in [0.25, 0.3) is 0 Å². The Morgan fingerprint density at radius 2 is 1.72 bits per heavy atom. The molecule has 0 spiro atoms. The Balaban J connectivity index is 1.57. The van der Waals surface area contributed by atoms with Crippen molar-refractivity contribution >= 4 is 34.7 Å². The number of alkyl halides is 3. The number of aromatic hydroxyl groups is 1. The predicted molar refractivity (Wildman–Crippen MR) is 127 cm³/mol. The van der Waals surface area contributed by atoms with Crippen molar-refractivity contribution in [3.05, 3.63) is 71.8 Å². The van der Waals surface area contributed by atoms with Crippen molar-refractivity contribution in [2.45, 2.75) is 19.2 Å². The number of amides is 2. The number of phenolic OH excluding ortho intramolecular Hbond substituents is 1. The molecular formula is C25H22F3N3O5. The number of hydrogen-bond donors (Lipinski definition) is 3. The lowest BCUT2D eigenvalue weighted by Crippen LogP contribution is -2.22. The van der Waals surface area contributed by atoms with Crippen molar-refractivity contribution < 1.29 is 37.3 Å². The summed E-state index contributed by atoms with van der Waals surface area (Å²) >= 11 is 0. The molecule has 0 bridgehead atoms. The maximum Gasteiger partial charge on any atom is 0.573 e. The first kappa shape index (κ1) is 24.7. The molecule has 11 heteroatoms. The van der Waals surface area contributed by atoms with Gasteiger partial charge in [0.1, 0.15) is 11.5 Å². The maximum absolute atomic E-state index is 12.7. The Morgan fingerprint density at radius 1 is 1.03 bits per heavy atom. The minimum Gasteiger partial charge on any atom is -0.506 e. The van der Waals surface area contributed by atoms with Crippen molar-refractivity contribution in [1.29, 1.82) is 0 Å². The van der Waals surface area contributed by atoms with Crippen molar-refractivity contribution in [1.82, 2.24) is 0 Å². The predicted octanol–water partition coefficient (Wildman–Crippen LogP) is 5.98. The van der Waals surface area contributed by atoms with Crippen LogP contribution in [0, 0.1) is 0 Å². The fourth-order valence-corrected chi connectivity index (χ4v) is 4.18. The van der Waals surface area contributed by atoms with Crippen LogP contribution in [-0.4, -0.2) is 37.1 Å². The summed E-state index contributed by atoms with van der Waals surface area (Å²) in [5.74, 6) is -1.08. The average Bonchev–Trinajstić information content (AvgIpc) is 3.17. The summed E-state index contributed by atoms with van der Waals surface area (Å²) in [5.41, 5.74) is 2.67. The molecule has 3 aromatic carbocycles. The number of anilines is 4. The number of urea groups is 1. The molecule has 1 unspecified atom stereocenters. The third kappa shape index (κ3) is 5.14. The molecule has 0 aromatic heterocycles. The summed E-state index contributed by atoms with van der Waals surface area (Å²) in [7, 11) is 1.29. The molecule has 0 saturated heterocycles. The van der Waals surface area contributed by atoms with Gasteiger partial charge in [-0.15, -0.1) is 13.2 Å². The smallest absolute Gasteiger partial charge is 0.506 e. The Hall–Kier alpha value is -4.41. The lowest BCUT2D eigenvalue weighted by Gasteiger charge is -2.24. The van der Waals surface area contributed by atoms with Crippen molar-refractivity contribution in [3.63, 3.8) is 0 Å². The molecule has 3 aromatic rings. The molecule has 1 aliphatic heterocycles. The molecule has 1 heterocycles. The van der Waals surface area contributed by atoms with E-state index in [9.17, 15) is 27.9 Å². The van der Waals surface area contributed by atoms with Gasteiger partial charge < -0.3 is 30.1 Å². The number of nitrogens with zero attached hydrogens (tertiary/aromatic N) is 1. The highest BCUT2D eigenvalue weighted by Crippen LogP contribution is 2.49. The molecule has 0 saturated carbocycles. The van der Waals surface area contributed by atoms with Gasteiger partial charge in [0, 0.05) is 18.2 Å². The molecule has 36 heavy (non-hydrogen) atoms. The van der Waals surface area contributed by atoms with E-state index in [0.717, 1.165) is 12.1 Å². The zero-order valence-electron chi connectivity index (χ0n) is 19.2. The van der Waals surface area contributed by atoms with Gasteiger partial charge in [-0.25, -0.2) is 9.59 Å². The van der Waals surface area contributed by atoms with E-state index in [4.69, 9.17) is 4.74 Å². The van der Waals surface area contributed by atoms with Crippen LogP contribution in [0.4, 0.5) is 40.7 Å². The highest BCUT2D eigenvalue weighted by Gasteiger charge is 2.35. The van der Waals surface area contributed by atoms with Crippen molar-refractivity contribution in [3.8, 4) is 11.5 Å². The number of phenols is 1. The van der Waals surface area contributed by atoms with E-state index in [0.29, 0.717) is 34.7 Å². The van der Waals surface area contributed by atoms with Crippen molar-refractivity contribution in [2.24, 2.45) is 0 Å². The fourth-order valence-electron chi connectivity index (χ4n) is 4.18. The van der Waals surface area contributed by atoms with Crippen LogP contribution in [0.25, 0.3) is 0 Å². The SMILES string of the molecule is COC(=O)c1ccc(O)c2c1C(C)CN2c1ccccc1NC(=O)Nc1ccc(OC(F)(F)F)cc1. The number of rotatable bonds is 5. The first-order valence-electron chi connectivity index (χ1n) is 10.8. The molecule has 0 radical (unpaired) electrons. The van der Waals surface area contributed by atoms with Gasteiger partial charge in [0.15, 0.2) is 0 Å². The second kappa shape index (κ2) is 9.68. The van der Waals surface area contributed by atoms with Crippen LogP contribution in [0.15, 0.2) is 60.7 Å². The van der Waals surface area contributed by atoms with Gasteiger partial charge in [0.05, 0.1) is 29.7 Å². The molecule has 3 N–H and O–H groups in total. The largest absolute Gasteiger partial charge is 0.573 e. The lowest BCUT2D eigenvalue weighted by molar-refractivity contribution is -0.274. The molecule has 1 aliphatic rings. The molecule has 188 valence electrons. The lowest BCUT2D eigenvalue weighted by atomic mass is 9.97. The van der Waals surface area contributed by atoms with Gasteiger partial charge in [-0.1, -0.05) is 19.1 Å². The van der Waals surface area contributed by atoms with Crippen LogP contribution in [-0.2, 0) is 4.74 Å². The van der Waals surface area contributed by atoms with E-state index in [2.05, 4.69) is 15.4 Å². The summed E-state index contributed by atoms with van der Waals surface area (Å²) in [4.78, 5) is 26.8. The third-order valence-corrected chi connectivity index (χ3v) is 5.61. The van der Waals surface area contributed by atoms with E-state index in [1.807, 2.05) is 6.92 Å². The van der Waals surface area contributed by atoms with Gasteiger partial charge in [-0.3, -0.25) is 0 Å². The third-order valence-electron chi connectivity index (χ3n) is 5.61. The van der Waals surface area contributed by atoms with E-state index in [1.54, 1.807) is 29.2 Å². The second-order valence-electron chi connectivity index (χ2n) is 8.07. The first-order chi connectivity index (χ1) is 17.1. The number of nitrogens with one attached hydrogen (secondary N) is 2. The number of carbonyl (C=O) groups excluding carboxylic acids is 2. The summed E-state index contributed by atoms with van der Waals surface area (Å²) in [6.45, 7) is 2.34. The zero-order valence-corrected chi connectivity index (χ0v) is 19.2. The monoisotopic (exact) mass is 501 g/mol. The van der Waals surface area contributed by atoms with E-state index in [1.165, 1.54) is 31.4 Å². The Kier molecular flexibility index (Phi) is 6.65. The van der Waals surface area contributed by atoms with Crippen LogP contribution in [0.2, 0.25) is 0 Å². The molecule has 1 atom stereocenters. The fraction of sp³-hybridized carbons (Fsp3) is 0.200. The van der Waals surface area contributed by atoms with Crippen molar-refractivity contribution in [2.75, 3.05) is 29.2 Å². The number of benzene rings is 3. The minimum absolute atomic E-state index is 0.0255. The van der Waals surface area contributed by atoms with Gasteiger partial charge in [0.2, 0.25) is 0 Å². The molecule has 0 aliphatic carbocycles. The van der Waals surface area contributed by atoms with Crippen LogP contribution in [0.5, 0.6) is 11.5 Å². The van der Waals surface area contributed by atoms with Gasteiger partial charge in [-0.05, 0) is 54.1 Å². The number of halogens is 3. The topological polar surface area (TPSA) is 100 Å². The molecule has 4 rings (SSSR count). The second-order valence-corrected chi connectivity index (χ2v) is 8.07. The Bertz CT molecular complexity index is 1300. The van der Waals surface area contributed by atoms with Crippen LogP contribution in [0.3, 0.4) is 0 Å². The normalized spacial score (nSPS) is 14.7. The van der Waals surface area contributed by atoms with Crippen LogP contribution < -0.4 is 20.3 Å². The number of hydrogen-bond acceptors (Lipinski definition) is 6. The van der Waals surface area contributed by atoms with Crippen LogP contribution >= 0.6 is 0 Å². The summed E-state index contributed by atoms with van der Waals surface area (Å²) in [6.07, 6.45) is -4.81. The number of esters is 1. The summed E-state index contributed by atoms with van der Waals surface area (Å²) < 4.78 is 45.7. The Morgan fingerprint density at radius 3 is 2.39 bits per heavy atom. The van der Waals surface area contributed by atoms with E-state index < -0.39 is 24.1 Å². The number of para-hydroxylation sites is 2. The van der Waals surface area contributed by atoms with Gasteiger partial charge in [-0.2, -0.15) is 0 Å². The highest BCUT2D eigenvalue weighted by molar-refractivity contribution is 6.03. The van der Waals surface area contributed by atoms with E-state index in [-0.39, 0.29) is 17.4 Å². The first-order valence-corrected chi connectivity index (χ1v) is 10.8. The number of fused-ring (bicyclic) bond motifs is 1. The molecule has 0 fully saturated rings. The number of methoxy groups -OCH3 is 1. The molecule has 2 amide bonds. The molecule has 8 nitrogen and oxygen atoms in total. The van der Waals surface area contributed by atoms with Gasteiger partial charge >= 0.3 is 18.4 Å². The zero-order chi connectivity index (χ0) is 26.0. The maximum atomic E-state index is 12.7. The summed E-state index contributed by atoms with van der Waals surface area (Å²) in [6, 6.07) is 13.9.